The summed E-state index contributed by atoms with van der Waals surface area (Å²) >= 11 is 0. The van der Waals surface area contributed by atoms with Crippen LogP contribution in [-0.4, -0.2) is 49.8 Å². The van der Waals surface area contributed by atoms with Crippen LogP contribution in [0.15, 0.2) is 0 Å². The number of nitrogens with one attached hydrogen (secondary N) is 1. The Morgan fingerprint density at radius 3 is 2.82 bits per heavy atom. The van der Waals surface area contributed by atoms with Crippen molar-refractivity contribution in [3.05, 3.63) is 0 Å². The average molecular weight is 242 g/mol. The normalized spacial score (nSPS) is 24.9. The molecule has 1 N–H and O–H groups in total. The summed E-state index contributed by atoms with van der Waals surface area (Å²) in [6.07, 6.45) is 2.80. The van der Waals surface area contributed by atoms with Crippen molar-refractivity contribution in [1.29, 1.82) is 0 Å². The van der Waals surface area contributed by atoms with Gasteiger partial charge in [0.05, 0.1) is 6.10 Å². The molecule has 0 bridgehead atoms. The third-order valence-corrected chi connectivity index (χ3v) is 3.40. The molecule has 1 rings (SSSR count). The molecule has 102 valence electrons. The molecule has 0 radical (unpaired) electrons. The first-order valence-electron chi connectivity index (χ1n) is 7.16. The molecule has 3 heteroatoms. The van der Waals surface area contributed by atoms with E-state index in [9.17, 15) is 0 Å². The predicted octanol–water partition coefficient (Wildman–Crippen LogP) is 2.12. The minimum Gasteiger partial charge on any atom is -0.377 e. The van der Waals surface area contributed by atoms with E-state index in [1.165, 1.54) is 19.4 Å². The number of nitrogens with zero attached hydrogens (tertiary/aromatic N) is 1. The highest BCUT2D eigenvalue weighted by atomic mass is 16.5. The van der Waals surface area contributed by atoms with Crippen LogP contribution < -0.4 is 5.32 Å². The summed E-state index contributed by atoms with van der Waals surface area (Å²) in [7, 11) is 0. The summed E-state index contributed by atoms with van der Waals surface area (Å²) in [4.78, 5) is 2.58. The molecule has 17 heavy (non-hydrogen) atoms. The first-order valence-corrected chi connectivity index (χ1v) is 7.16. The van der Waals surface area contributed by atoms with Crippen molar-refractivity contribution in [1.82, 2.24) is 10.2 Å². The van der Waals surface area contributed by atoms with Gasteiger partial charge in [0.25, 0.3) is 0 Å². The van der Waals surface area contributed by atoms with Crippen LogP contribution >= 0.6 is 0 Å². The first kappa shape index (κ1) is 14.9. The summed E-state index contributed by atoms with van der Waals surface area (Å²) in [5.74, 6) is 0.747. The Morgan fingerprint density at radius 2 is 2.12 bits per heavy atom. The lowest BCUT2D eigenvalue weighted by Gasteiger charge is -2.28. The van der Waals surface area contributed by atoms with Gasteiger partial charge >= 0.3 is 0 Å². The number of ether oxygens (including phenoxy) is 1. The molecule has 0 aliphatic carbocycles. The van der Waals surface area contributed by atoms with Crippen LogP contribution in [-0.2, 0) is 4.74 Å². The molecule has 2 unspecified atom stereocenters. The smallest absolute Gasteiger partial charge is 0.0673 e. The monoisotopic (exact) mass is 242 g/mol. The van der Waals surface area contributed by atoms with Gasteiger partial charge in [0, 0.05) is 25.7 Å². The molecule has 0 amide bonds. The average Bonchev–Trinajstić information content (AvgIpc) is 2.48. The van der Waals surface area contributed by atoms with Gasteiger partial charge in [-0.3, -0.25) is 4.90 Å². The van der Waals surface area contributed by atoms with E-state index in [4.69, 9.17) is 4.74 Å². The Bertz CT molecular complexity index is 197. The van der Waals surface area contributed by atoms with Gasteiger partial charge in [-0.15, -0.1) is 0 Å². The van der Waals surface area contributed by atoms with Gasteiger partial charge in [0.1, 0.15) is 0 Å². The number of hydrogen-bond donors (Lipinski definition) is 1. The zero-order valence-corrected chi connectivity index (χ0v) is 12.0. The van der Waals surface area contributed by atoms with Gasteiger partial charge in [0.15, 0.2) is 0 Å². The van der Waals surface area contributed by atoms with E-state index < -0.39 is 0 Å². The molecule has 1 saturated heterocycles. The van der Waals surface area contributed by atoms with E-state index in [0.717, 1.165) is 32.2 Å². The highest BCUT2D eigenvalue weighted by molar-refractivity contribution is 4.73. The fourth-order valence-electron chi connectivity index (χ4n) is 2.31. The van der Waals surface area contributed by atoms with Gasteiger partial charge in [-0.1, -0.05) is 13.8 Å². The van der Waals surface area contributed by atoms with Crippen molar-refractivity contribution < 1.29 is 4.74 Å². The van der Waals surface area contributed by atoms with E-state index in [1.807, 2.05) is 0 Å². The molecular formula is C14H30N2O. The molecule has 0 aromatic rings. The lowest BCUT2D eigenvalue weighted by Crippen LogP contribution is -2.39. The minimum atomic E-state index is 0.392. The lowest BCUT2D eigenvalue weighted by molar-refractivity contribution is 0.0613. The molecule has 2 atom stereocenters. The van der Waals surface area contributed by atoms with Crippen LogP contribution in [0.3, 0.4) is 0 Å². The topological polar surface area (TPSA) is 24.5 Å². The Balaban J connectivity index is 2.18. The quantitative estimate of drug-likeness (QED) is 0.722. The van der Waals surface area contributed by atoms with Crippen LogP contribution in [0.5, 0.6) is 0 Å². The molecule has 3 nitrogen and oxygen atoms in total. The predicted molar refractivity (Wildman–Crippen MR) is 73.4 cm³/mol. The van der Waals surface area contributed by atoms with E-state index in [-0.39, 0.29) is 0 Å². The molecule has 0 spiro atoms. The second-order valence-corrected chi connectivity index (χ2v) is 5.77. The highest BCUT2D eigenvalue weighted by Gasteiger charge is 2.19. The molecule has 0 aromatic carbocycles. The van der Waals surface area contributed by atoms with E-state index >= 15 is 0 Å². The SMILES string of the molecule is CC(C)CNCCC(C)N1CCCOC(C)C1. The van der Waals surface area contributed by atoms with Crippen molar-refractivity contribution in [2.24, 2.45) is 5.92 Å². The van der Waals surface area contributed by atoms with E-state index in [2.05, 4.69) is 37.9 Å². The largest absolute Gasteiger partial charge is 0.377 e. The maximum atomic E-state index is 5.68. The van der Waals surface area contributed by atoms with Crippen LogP contribution in [0.4, 0.5) is 0 Å². The van der Waals surface area contributed by atoms with Gasteiger partial charge in [0.2, 0.25) is 0 Å². The molecular weight excluding hydrogens is 212 g/mol. The maximum absolute atomic E-state index is 5.68. The van der Waals surface area contributed by atoms with Crippen molar-refractivity contribution in [3.8, 4) is 0 Å². The Labute approximate surface area is 107 Å². The van der Waals surface area contributed by atoms with Gasteiger partial charge in [-0.2, -0.15) is 0 Å². The van der Waals surface area contributed by atoms with Crippen LogP contribution in [0.2, 0.25) is 0 Å². The third-order valence-electron chi connectivity index (χ3n) is 3.40. The molecule has 1 aliphatic rings. The zero-order valence-electron chi connectivity index (χ0n) is 12.0. The number of hydrogen-bond acceptors (Lipinski definition) is 3. The maximum Gasteiger partial charge on any atom is 0.0673 e. The Hall–Kier alpha value is -0.120. The van der Waals surface area contributed by atoms with Crippen LogP contribution in [0.1, 0.15) is 40.5 Å². The summed E-state index contributed by atoms with van der Waals surface area (Å²) < 4.78 is 5.68. The molecule has 1 heterocycles. The summed E-state index contributed by atoms with van der Waals surface area (Å²) in [6, 6.07) is 0.666. The fraction of sp³-hybridized carbons (Fsp3) is 1.00. The molecule has 1 fully saturated rings. The summed E-state index contributed by atoms with van der Waals surface area (Å²) in [6.45, 7) is 14.5. The second-order valence-electron chi connectivity index (χ2n) is 5.77. The first-order chi connectivity index (χ1) is 8.09. The van der Waals surface area contributed by atoms with Crippen molar-refractivity contribution >= 4 is 0 Å². The van der Waals surface area contributed by atoms with Crippen molar-refractivity contribution in [2.75, 3.05) is 32.8 Å². The minimum absolute atomic E-state index is 0.392. The van der Waals surface area contributed by atoms with Crippen LogP contribution in [0.25, 0.3) is 0 Å². The third kappa shape index (κ3) is 6.39. The Kier molecular flexibility index (Phi) is 7.09. The van der Waals surface area contributed by atoms with Crippen LogP contribution in [0, 0.1) is 5.92 Å². The van der Waals surface area contributed by atoms with E-state index in [0.29, 0.717) is 12.1 Å². The number of rotatable bonds is 6. The Morgan fingerprint density at radius 1 is 1.35 bits per heavy atom. The lowest BCUT2D eigenvalue weighted by atomic mass is 10.1. The van der Waals surface area contributed by atoms with Crippen molar-refractivity contribution in [3.63, 3.8) is 0 Å². The zero-order chi connectivity index (χ0) is 12.7. The molecule has 1 aliphatic heterocycles. The standard InChI is InChI=1S/C14H30N2O/c1-12(2)10-15-7-6-13(3)16-8-5-9-17-14(4)11-16/h12-15H,5-11H2,1-4H3. The van der Waals surface area contributed by atoms with E-state index in [1.54, 1.807) is 0 Å². The molecule has 0 saturated carbocycles. The fourth-order valence-corrected chi connectivity index (χ4v) is 2.31. The van der Waals surface area contributed by atoms with Gasteiger partial charge in [-0.05, 0) is 45.7 Å². The molecule has 0 aromatic heterocycles. The van der Waals surface area contributed by atoms with Gasteiger partial charge < -0.3 is 10.1 Å². The van der Waals surface area contributed by atoms with Crippen molar-refractivity contribution in [2.45, 2.75) is 52.7 Å². The van der Waals surface area contributed by atoms with Gasteiger partial charge in [-0.25, -0.2) is 0 Å². The second kappa shape index (κ2) is 8.06. The summed E-state index contributed by atoms with van der Waals surface area (Å²) in [5.41, 5.74) is 0. The summed E-state index contributed by atoms with van der Waals surface area (Å²) in [5, 5.41) is 3.52. The highest BCUT2D eigenvalue weighted by Crippen LogP contribution is 2.11.